The first-order chi connectivity index (χ1) is 8.27. The van der Waals surface area contributed by atoms with Crippen LogP contribution in [0.15, 0.2) is 35.3 Å². The zero-order valence-corrected chi connectivity index (χ0v) is 10.9. The number of nitrogens with zero attached hydrogens (tertiary/aromatic N) is 2. The Bertz CT molecular complexity index is 333. The lowest BCUT2D eigenvalue weighted by Crippen LogP contribution is -2.27. The van der Waals surface area contributed by atoms with E-state index in [1.54, 1.807) is 0 Å². The van der Waals surface area contributed by atoms with E-state index in [-0.39, 0.29) is 0 Å². The fourth-order valence-corrected chi connectivity index (χ4v) is 1.76. The van der Waals surface area contributed by atoms with Gasteiger partial charge in [0.25, 0.3) is 0 Å². The molecule has 0 amide bonds. The summed E-state index contributed by atoms with van der Waals surface area (Å²) in [4.78, 5) is 6.81. The Balaban J connectivity index is 2.43. The van der Waals surface area contributed by atoms with Crippen LogP contribution in [0.2, 0.25) is 0 Å². The highest BCUT2D eigenvalue weighted by atomic mass is 15.1. The molecule has 3 heteroatoms. The lowest BCUT2D eigenvalue weighted by Gasteiger charge is -2.17. The molecule has 94 valence electrons. The third kappa shape index (κ3) is 5.00. The molecular formula is C14H23N3. The third-order valence-electron chi connectivity index (χ3n) is 2.75. The number of benzene rings is 1. The van der Waals surface area contributed by atoms with Crippen molar-refractivity contribution >= 4 is 5.84 Å². The van der Waals surface area contributed by atoms with Crippen LogP contribution in [0.5, 0.6) is 0 Å². The van der Waals surface area contributed by atoms with Crippen LogP contribution >= 0.6 is 0 Å². The van der Waals surface area contributed by atoms with E-state index < -0.39 is 0 Å². The van der Waals surface area contributed by atoms with Gasteiger partial charge < -0.3 is 10.6 Å². The first-order valence-electron chi connectivity index (χ1n) is 6.35. The standard InChI is InChI=1S/C14H23N3/c1-3-11-17(4-2)12-10-16-14(15)13-8-6-5-7-9-13/h5-9H,3-4,10-12H2,1-2H3,(H2,15,16). The van der Waals surface area contributed by atoms with Gasteiger partial charge in [0.15, 0.2) is 0 Å². The van der Waals surface area contributed by atoms with Crippen molar-refractivity contribution in [2.75, 3.05) is 26.2 Å². The van der Waals surface area contributed by atoms with Crippen molar-refractivity contribution in [2.45, 2.75) is 20.3 Å². The van der Waals surface area contributed by atoms with Gasteiger partial charge in [-0.3, -0.25) is 4.99 Å². The average Bonchev–Trinajstić information content (AvgIpc) is 2.38. The van der Waals surface area contributed by atoms with Gasteiger partial charge in [-0.05, 0) is 19.5 Å². The summed E-state index contributed by atoms with van der Waals surface area (Å²) in [6.45, 7) is 8.35. The predicted octanol–water partition coefficient (Wildman–Crippen LogP) is 2.12. The molecule has 1 aromatic carbocycles. The van der Waals surface area contributed by atoms with Gasteiger partial charge in [0.2, 0.25) is 0 Å². The summed E-state index contributed by atoms with van der Waals surface area (Å²) in [5.74, 6) is 0.637. The fourth-order valence-electron chi connectivity index (χ4n) is 1.76. The van der Waals surface area contributed by atoms with Gasteiger partial charge in [0, 0.05) is 12.1 Å². The number of amidine groups is 1. The summed E-state index contributed by atoms with van der Waals surface area (Å²) in [6, 6.07) is 9.92. The maximum Gasteiger partial charge on any atom is 0.125 e. The van der Waals surface area contributed by atoms with Crippen molar-refractivity contribution in [3.05, 3.63) is 35.9 Å². The summed E-state index contributed by atoms with van der Waals surface area (Å²) in [5.41, 5.74) is 6.93. The minimum atomic E-state index is 0.637. The van der Waals surface area contributed by atoms with Crippen LogP contribution in [0.4, 0.5) is 0 Å². The highest BCUT2D eigenvalue weighted by Crippen LogP contribution is 1.98. The van der Waals surface area contributed by atoms with Crippen molar-refractivity contribution in [1.29, 1.82) is 0 Å². The SMILES string of the molecule is CCCN(CC)CCN=C(N)c1ccccc1. The van der Waals surface area contributed by atoms with E-state index in [9.17, 15) is 0 Å². The van der Waals surface area contributed by atoms with Crippen LogP contribution in [-0.4, -0.2) is 36.9 Å². The van der Waals surface area contributed by atoms with Gasteiger partial charge in [-0.15, -0.1) is 0 Å². The largest absolute Gasteiger partial charge is 0.384 e. The Kier molecular flexibility index (Phi) is 6.33. The van der Waals surface area contributed by atoms with Crippen molar-refractivity contribution < 1.29 is 0 Å². The molecule has 0 aliphatic carbocycles. The third-order valence-corrected chi connectivity index (χ3v) is 2.75. The summed E-state index contributed by atoms with van der Waals surface area (Å²) in [6.07, 6.45) is 1.19. The molecule has 0 aliphatic heterocycles. The number of nitrogens with two attached hydrogens (primary N) is 1. The number of aliphatic imine (C=N–C) groups is 1. The summed E-state index contributed by atoms with van der Waals surface area (Å²) < 4.78 is 0. The van der Waals surface area contributed by atoms with Gasteiger partial charge >= 0.3 is 0 Å². The van der Waals surface area contributed by atoms with E-state index in [0.29, 0.717) is 5.84 Å². The monoisotopic (exact) mass is 233 g/mol. The quantitative estimate of drug-likeness (QED) is 0.579. The second kappa shape index (κ2) is 7.85. The van der Waals surface area contributed by atoms with Crippen molar-refractivity contribution in [2.24, 2.45) is 10.7 Å². The van der Waals surface area contributed by atoms with Crippen LogP contribution in [0, 0.1) is 0 Å². The van der Waals surface area contributed by atoms with Gasteiger partial charge in [0.1, 0.15) is 5.84 Å². The van der Waals surface area contributed by atoms with Crippen LogP contribution in [0.3, 0.4) is 0 Å². The minimum Gasteiger partial charge on any atom is -0.384 e. The van der Waals surface area contributed by atoms with Gasteiger partial charge in [-0.25, -0.2) is 0 Å². The Morgan fingerprint density at radius 2 is 1.88 bits per heavy atom. The topological polar surface area (TPSA) is 41.6 Å². The average molecular weight is 233 g/mol. The number of rotatable bonds is 7. The Hall–Kier alpha value is -1.35. The van der Waals surface area contributed by atoms with Crippen molar-refractivity contribution in [3.63, 3.8) is 0 Å². The molecule has 0 saturated heterocycles. The molecule has 0 atom stereocenters. The van der Waals surface area contributed by atoms with E-state index in [2.05, 4.69) is 23.7 Å². The molecule has 0 heterocycles. The molecule has 0 bridgehead atoms. The first-order valence-corrected chi connectivity index (χ1v) is 6.35. The molecule has 17 heavy (non-hydrogen) atoms. The summed E-state index contributed by atoms with van der Waals surface area (Å²) in [7, 11) is 0. The highest BCUT2D eigenvalue weighted by Gasteiger charge is 2.00. The fraction of sp³-hybridized carbons (Fsp3) is 0.500. The molecule has 1 aromatic rings. The number of likely N-dealkylation sites (N-methyl/N-ethyl adjacent to an activating group) is 1. The molecule has 0 radical (unpaired) electrons. The first kappa shape index (κ1) is 13.7. The smallest absolute Gasteiger partial charge is 0.125 e. The second-order valence-corrected chi connectivity index (χ2v) is 4.07. The number of hydrogen-bond acceptors (Lipinski definition) is 2. The molecule has 0 aliphatic rings. The molecule has 2 N–H and O–H groups in total. The molecule has 0 unspecified atom stereocenters. The van der Waals surface area contributed by atoms with E-state index in [1.165, 1.54) is 6.42 Å². The van der Waals surface area contributed by atoms with Gasteiger partial charge in [0.05, 0.1) is 6.54 Å². The van der Waals surface area contributed by atoms with Crippen molar-refractivity contribution in [3.8, 4) is 0 Å². The molecular weight excluding hydrogens is 210 g/mol. The molecule has 0 aromatic heterocycles. The van der Waals surface area contributed by atoms with E-state index >= 15 is 0 Å². The highest BCUT2D eigenvalue weighted by molar-refractivity contribution is 5.97. The zero-order valence-electron chi connectivity index (χ0n) is 10.9. The zero-order chi connectivity index (χ0) is 12.5. The molecule has 0 fully saturated rings. The molecule has 0 spiro atoms. The molecule has 3 nitrogen and oxygen atoms in total. The van der Waals surface area contributed by atoms with E-state index in [4.69, 9.17) is 5.73 Å². The lowest BCUT2D eigenvalue weighted by molar-refractivity contribution is 0.297. The van der Waals surface area contributed by atoms with Crippen LogP contribution in [0.1, 0.15) is 25.8 Å². The Morgan fingerprint density at radius 3 is 2.47 bits per heavy atom. The Morgan fingerprint density at radius 1 is 1.18 bits per heavy atom. The lowest BCUT2D eigenvalue weighted by atomic mass is 10.2. The van der Waals surface area contributed by atoms with Crippen LogP contribution in [-0.2, 0) is 0 Å². The second-order valence-electron chi connectivity index (χ2n) is 4.07. The normalized spacial score (nSPS) is 12.1. The number of hydrogen-bond donors (Lipinski definition) is 1. The molecule has 0 saturated carbocycles. The van der Waals surface area contributed by atoms with E-state index in [1.807, 2.05) is 30.3 Å². The van der Waals surface area contributed by atoms with Crippen LogP contribution in [0.25, 0.3) is 0 Å². The van der Waals surface area contributed by atoms with Crippen molar-refractivity contribution in [1.82, 2.24) is 4.90 Å². The Labute approximate surface area is 104 Å². The van der Waals surface area contributed by atoms with Crippen LogP contribution < -0.4 is 5.73 Å². The van der Waals surface area contributed by atoms with E-state index in [0.717, 1.165) is 31.7 Å². The summed E-state index contributed by atoms with van der Waals surface area (Å²) in [5, 5.41) is 0. The van der Waals surface area contributed by atoms with Gasteiger partial charge in [-0.2, -0.15) is 0 Å². The summed E-state index contributed by atoms with van der Waals surface area (Å²) >= 11 is 0. The predicted molar refractivity (Wildman–Crippen MR) is 74.4 cm³/mol. The van der Waals surface area contributed by atoms with Gasteiger partial charge in [-0.1, -0.05) is 44.2 Å². The maximum absolute atomic E-state index is 5.93. The molecule has 1 rings (SSSR count). The maximum atomic E-state index is 5.93. The minimum absolute atomic E-state index is 0.637.